The van der Waals surface area contributed by atoms with Crippen LogP contribution in [-0.4, -0.2) is 92.1 Å². The van der Waals surface area contributed by atoms with Crippen LogP contribution in [0.3, 0.4) is 0 Å². The van der Waals surface area contributed by atoms with Crippen LogP contribution in [0.1, 0.15) is 28.4 Å². The smallest absolute Gasteiger partial charge is 0.414 e. The van der Waals surface area contributed by atoms with Crippen LogP contribution in [0.25, 0.3) is 0 Å². The Kier molecular flexibility index (Phi) is 8.68. The molecule has 0 aliphatic carbocycles. The quantitative estimate of drug-likeness (QED) is 0.307. The van der Waals surface area contributed by atoms with Crippen molar-refractivity contribution in [3.63, 3.8) is 0 Å². The Morgan fingerprint density at radius 2 is 1.79 bits per heavy atom. The molecular weight excluding hydrogens is 488 g/mol. The Morgan fingerprint density at radius 3 is 2.47 bits per heavy atom. The number of nitriles is 1. The van der Waals surface area contributed by atoms with Gasteiger partial charge in [-0.15, -0.1) is 0 Å². The van der Waals surface area contributed by atoms with Crippen LogP contribution in [0, 0.1) is 16.7 Å². The second kappa shape index (κ2) is 12.3. The topological polar surface area (TPSA) is 139 Å². The lowest BCUT2D eigenvalue weighted by Crippen LogP contribution is -2.50. The Labute approximate surface area is 221 Å². The van der Waals surface area contributed by atoms with E-state index in [4.69, 9.17) is 14.9 Å². The summed E-state index contributed by atoms with van der Waals surface area (Å²) in [5.74, 6) is -0.864. The molecule has 2 fully saturated rings. The number of nitrogens with zero attached hydrogens (tertiary/aromatic N) is 4. The molecule has 38 heavy (non-hydrogen) atoms. The summed E-state index contributed by atoms with van der Waals surface area (Å²) < 4.78 is 10.6. The lowest BCUT2D eigenvalue weighted by molar-refractivity contribution is -0.144. The van der Waals surface area contributed by atoms with Gasteiger partial charge in [-0.25, -0.2) is 4.79 Å². The molecule has 11 nitrogen and oxygen atoms in total. The van der Waals surface area contributed by atoms with Crippen molar-refractivity contribution in [3.05, 3.63) is 65.2 Å². The summed E-state index contributed by atoms with van der Waals surface area (Å²) in [4.78, 5) is 42.6. The van der Waals surface area contributed by atoms with Crippen molar-refractivity contribution in [2.45, 2.75) is 13.0 Å². The molecule has 0 radical (unpaired) electrons. The van der Waals surface area contributed by atoms with E-state index in [0.717, 1.165) is 26.2 Å². The number of esters is 1. The number of amides is 2. The van der Waals surface area contributed by atoms with Gasteiger partial charge in [-0.05, 0) is 43.3 Å². The fraction of sp³-hybridized carbons (Fsp3) is 0.370. The summed E-state index contributed by atoms with van der Waals surface area (Å²) in [5.41, 5.74) is 1.52. The number of piperazine rings is 1. The standard InChI is InChI=1S/C27H30N6O5/c1-2-37-24(34)18-32-13-11-31(12-14-32)16-22-17-33(27(36)38-22)21-9-7-19(8-10-21)25(29)30-26(35)23-6-4-3-5-20(23)15-28/h3-10,22H,2,11-14,16-18H2,1H3,(H2,29,30,35). The molecule has 198 valence electrons. The maximum atomic E-state index is 12.5. The lowest BCUT2D eigenvalue weighted by atomic mass is 10.1. The van der Waals surface area contributed by atoms with Gasteiger partial charge in [0.2, 0.25) is 0 Å². The molecule has 0 bridgehead atoms. The maximum Gasteiger partial charge on any atom is 0.414 e. The van der Waals surface area contributed by atoms with E-state index in [1.54, 1.807) is 54.3 Å². The summed E-state index contributed by atoms with van der Waals surface area (Å²) in [6.45, 7) is 6.50. The number of benzene rings is 2. The van der Waals surface area contributed by atoms with E-state index in [-0.39, 0.29) is 35.6 Å². The molecule has 2 heterocycles. The number of amidine groups is 1. The molecule has 11 heteroatoms. The predicted octanol–water partition coefficient (Wildman–Crippen LogP) is 1.82. The van der Waals surface area contributed by atoms with Crippen LogP contribution in [0.15, 0.2) is 48.5 Å². The van der Waals surface area contributed by atoms with Gasteiger partial charge in [-0.2, -0.15) is 5.26 Å². The van der Waals surface area contributed by atoms with Gasteiger partial charge in [0.25, 0.3) is 5.91 Å². The number of hydrogen-bond acceptors (Lipinski definition) is 9. The number of hydrogen-bond donors (Lipinski definition) is 2. The third kappa shape index (κ3) is 6.53. The van der Waals surface area contributed by atoms with Gasteiger partial charge < -0.3 is 14.8 Å². The Bertz CT molecular complexity index is 1230. The van der Waals surface area contributed by atoms with Gasteiger partial charge in [0.05, 0.1) is 36.9 Å². The monoisotopic (exact) mass is 518 g/mol. The normalized spacial score (nSPS) is 17.9. The highest BCUT2D eigenvalue weighted by Gasteiger charge is 2.34. The van der Waals surface area contributed by atoms with Crippen molar-refractivity contribution in [2.24, 2.45) is 0 Å². The zero-order valence-corrected chi connectivity index (χ0v) is 21.2. The second-order valence-electron chi connectivity index (χ2n) is 9.03. The molecule has 2 aliphatic rings. The fourth-order valence-corrected chi connectivity index (χ4v) is 4.47. The van der Waals surface area contributed by atoms with Gasteiger partial charge >= 0.3 is 12.1 Å². The number of carbonyl (C=O) groups excluding carboxylic acids is 3. The van der Waals surface area contributed by atoms with Gasteiger partial charge in [0, 0.05) is 44.0 Å². The van der Waals surface area contributed by atoms with E-state index in [1.165, 1.54) is 6.07 Å². The van der Waals surface area contributed by atoms with Gasteiger partial charge in [-0.1, -0.05) is 12.1 Å². The summed E-state index contributed by atoms with van der Waals surface area (Å²) in [7, 11) is 0. The molecular formula is C27H30N6O5. The number of anilines is 1. The molecule has 2 N–H and O–H groups in total. The largest absolute Gasteiger partial charge is 0.465 e. The maximum absolute atomic E-state index is 12.5. The zero-order valence-electron chi connectivity index (χ0n) is 21.2. The third-order valence-corrected chi connectivity index (χ3v) is 6.46. The van der Waals surface area contributed by atoms with Gasteiger partial charge in [0.15, 0.2) is 0 Å². The molecule has 2 aromatic rings. The number of carbonyl (C=O) groups is 3. The summed E-state index contributed by atoms with van der Waals surface area (Å²) >= 11 is 0. The SMILES string of the molecule is CCOC(=O)CN1CCN(CC2CN(c3ccc(C(=N)NC(=O)c4ccccc4C#N)cc3)C(=O)O2)CC1. The first-order valence-electron chi connectivity index (χ1n) is 12.5. The van der Waals surface area contributed by atoms with Crippen molar-refractivity contribution in [2.75, 3.05) is 57.3 Å². The predicted molar refractivity (Wildman–Crippen MR) is 139 cm³/mol. The van der Waals surface area contributed by atoms with Crippen LogP contribution in [0.5, 0.6) is 0 Å². The lowest BCUT2D eigenvalue weighted by Gasteiger charge is -2.34. The minimum atomic E-state index is -0.538. The van der Waals surface area contributed by atoms with E-state index < -0.39 is 12.0 Å². The van der Waals surface area contributed by atoms with Gasteiger partial charge in [-0.3, -0.25) is 29.7 Å². The molecule has 2 amide bonds. The van der Waals surface area contributed by atoms with Crippen LogP contribution in [-0.2, 0) is 14.3 Å². The number of nitrogens with one attached hydrogen (secondary N) is 2. The Hall–Kier alpha value is -4.27. The van der Waals surface area contributed by atoms with Crippen LogP contribution in [0.2, 0.25) is 0 Å². The molecule has 2 aliphatic heterocycles. The summed E-state index contributed by atoms with van der Waals surface area (Å²) in [6, 6.07) is 15.1. The number of rotatable bonds is 8. The summed E-state index contributed by atoms with van der Waals surface area (Å²) in [5, 5.41) is 20.0. The second-order valence-corrected chi connectivity index (χ2v) is 9.03. The molecule has 0 spiro atoms. The first-order chi connectivity index (χ1) is 18.4. The highest BCUT2D eigenvalue weighted by Crippen LogP contribution is 2.23. The molecule has 0 saturated carbocycles. The van der Waals surface area contributed by atoms with E-state index in [1.807, 2.05) is 6.07 Å². The minimum absolute atomic E-state index is 0.113. The number of ether oxygens (including phenoxy) is 2. The third-order valence-electron chi connectivity index (χ3n) is 6.46. The van der Waals surface area contributed by atoms with Crippen molar-refractivity contribution < 1.29 is 23.9 Å². The van der Waals surface area contributed by atoms with E-state index in [0.29, 0.717) is 30.9 Å². The van der Waals surface area contributed by atoms with E-state index in [2.05, 4.69) is 15.1 Å². The first kappa shape index (κ1) is 26.8. The van der Waals surface area contributed by atoms with Crippen LogP contribution in [0.4, 0.5) is 10.5 Å². The Morgan fingerprint density at radius 1 is 1.11 bits per heavy atom. The summed E-state index contributed by atoms with van der Waals surface area (Å²) in [6.07, 6.45) is -0.711. The highest BCUT2D eigenvalue weighted by molar-refractivity contribution is 6.12. The molecule has 1 unspecified atom stereocenters. The molecule has 1 atom stereocenters. The average Bonchev–Trinajstić information content (AvgIpc) is 3.29. The first-order valence-corrected chi connectivity index (χ1v) is 12.5. The van der Waals surface area contributed by atoms with Crippen molar-refractivity contribution in [3.8, 4) is 6.07 Å². The highest BCUT2D eigenvalue weighted by atomic mass is 16.6. The van der Waals surface area contributed by atoms with Crippen LogP contribution >= 0.6 is 0 Å². The van der Waals surface area contributed by atoms with E-state index >= 15 is 0 Å². The van der Waals surface area contributed by atoms with Crippen molar-refractivity contribution >= 4 is 29.5 Å². The zero-order chi connectivity index (χ0) is 27.1. The van der Waals surface area contributed by atoms with Crippen molar-refractivity contribution in [1.82, 2.24) is 15.1 Å². The minimum Gasteiger partial charge on any atom is -0.465 e. The average molecular weight is 519 g/mol. The van der Waals surface area contributed by atoms with Gasteiger partial charge in [0.1, 0.15) is 11.9 Å². The molecule has 4 rings (SSSR count). The van der Waals surface area contributed by atoms with Crippen molar-refractivity contribution in [1.29, 1.82) is 10.7 Å². The fourth-order valence-electron chi connectivity index (χ4n) is 4.47. The van der Waals surface area contributed by atoms with Crippen LogP contribution < -0.4 is 10.2 Å². The Balaban J connectivity index is 1.28. The van der Waals surface area contributed by atoms with E-state index in [9.17, 15) is 19.6 Å². The molecule has 2 saturated heterocycles. The molecule has 2 aromatic carbocycles. The number of cyclic esters (lactones) is 1. The molecule has 0 aromatic heterocycles.